The van der Waals surface area contributed by atoms with E-state index in [0.29, 0.717) is 42.6 Å². The lowest BCUT2D eigenvalue weighted by molar-refractivity contribution is -0.145. The van der Waals surface area contributed by atoms with Gasteiger partial charge in [-0.1, -0.05) is 146 Å². The Kier molecular flexibility index (Phi) is 34.8. The van der Waals surface area contributed by atoms with Crippen molar-refractivity contribution < 1.29 is 19.1 Å². The standard InChI is InChI=1S/C51H84N2O4/c1-5-7-9-11-13-15-17-19-21-23-24-26-28-30-32-34-36-38-49(54)47-42-46(45-57-50(55)39-41-53(3)4)43-48(44-47)51(56)52-40-37-35-33-31-29-27-25-22-20-18-16-14-12-10-8-6-2/h13-16,19-22,42-44H,5-12,17-18,23-41,45H2,1-4H3,(H,52,56)/b15-13-,16-14-,21-19-,22-20-. The molecule has 0 unspecified atom stereocenters. The second-order valence-corrected chi connectivity index (χ2v) is 16.1. The van der Waals surface area contributed by atoms with Gasteiger partial charge >= 0.3 is 5.97 Å². The van der Waals surface area contributed by atoms with E-state index in [1.807, 2.05) is 19.0 Å². The number of carbonyl (C=O) groups is 3. The van der Waals surface area contributed by atoms with Gasteiger partial charge < -0.3 is 15.0 Å². The molecular formula is C51H84N2O4. The summed E-state index contributed by atoms with van der Waals surface area (Å²) in [5.41, 5.74) is 1.65. The lowest BCUT2D eigenvalue weighted by atomic mass is 9.98. The number of hydrogen-bond acceptors (Lipinski definition) is 5. The van der Waals surface area contributed by atoms with E-state index in [0.717, 1.165) is 57.8 Å². The normalized spacial score (nSPS) is 11.9. The molecule has 0 aliphatic carbocycles. The van der Waals surface area contributed by atoms with Crippen molar-refractivity contribution in [3.05, 3.63) is 83.5 Å². The number of ether oxygens (including phenoxy) is 1. The quantitative estimate of drug-likeness (QED) is 0.0313. The first kappa shape index (κ1) is 51.8. The Morgan fingerprint density at radius 1 is 0.544 bits per heavy atom. The highest BCUT2D eigenvalue weighted by Gasteiger charge is 2.15. The van der Waals surface area contributed by atoms with Crippen molar-refractivity contribution in [2.45, 2.75) is 194 Å². The van der Waals surface area contributed by atoms with E-state index < -0.39 is 0 Å². The SMILES string of the molecule is CCCCC/C=C\C/C=C\CCCCCCCCCC(=O)c1cc(COC(=O)CCN(C)C)cc(C(=O)NCCCCCCCC/C=C\C/C=C\CCCCC)c1. The van der Waals surface area contributed by atoms with Gasteiger partial charge in [0.1, 0.15) is 6.61 Å². The van der Waals surface area contributed by atoms with E-state index >= 15 is 0 Å². The van der Waals surface area contributed by atoms with E-state index in [2.05, 4.69) is 67.8 Å². The predicted molar refractivity (Wildman–Crippen MR) is 244 cm³/mol. The van der Waals surface area contributed by atoms with Gasteiger partial charge in [-0.3, -0.25) is 14.4 Å². The number of nitrogens with one attached hydrogen (secondary N) is 1. The van der Waals surface area contributed by atoms with Gasteiger partial charge in [-0.2, -0.15) is 0 Å². The van der Waals surface area contributed by atoms with Crippen LogP contribution in [0, 0.1) is 0 Å². The molecule has 57 heavy (non-hydrogen) atoms. The topological polar surface area (TPSA) is 75.7 Å². The summed E-state index contributed by atoms with van der Waals surface area (Å²) >= 11 is 0. The Morgan fingerprint density at radius 2 is 1.00 bits per heavy atom. The number of carbonyl (C=O) groups excluding carboxylic acids is 3. The lowest BCUT2D eigenvalue weighted by Gasteiger charge is -2.12. The molecule has 6 nitrogen and oxygen atoms in total. The zero-order valence-corrected chi connectivity index (χ0v) is 37.1. The second-order valence-electron chi connectivity index (χ2n) is 16.1. The summed E-state index contributed by atoms with van der Waals surface area (Å²) < 4.78 is 5.52. The molecule has 1 aromatic carbocycles. The molecule has 1 rings (SSSR count). The summed E-state index contributed by atoms with van der Waals surface area (Å²) in [5, 5.41) is 3.06. The number of hydrogen-bond donors (Lipinski definition) is 1. The van der Waals surface area contributed by atoms with Crippen LogP contribution in [0.2, 0.25) is 0 Å². The molecule has 0 atom stereocenters. The first-order valence-corrected chi connectivity index (χ1v) is 23.2. The first-order chi connectivity index (χ1) is 27.9. The van der Waals surface area contributed by atoms with E-state index in [-0.39, 0.29) is 24.3 Å². The lowest BCUT2D eigenvalue weighted by Crippen LogP contribution is -2.25. The number of amides is 1. The maximum absolute atomic E-state index is 13.3. The minimum Gasteiger partial charge on any atom is -0.461 e. The molecule has 0 radical (unpaired) electrons. The van der Waals surface area contributed by atoms with E-state index in [1.54, 1.807) is 18.2 Å². The van der Waals surface area contributed by atoms with Crippen LogP contribution in [0.1, 0.15) is 213 Å². The highest BCUT2D eigenvalue weighted by molar-refractivity contribution is 6.01. The monoisotopic (exact) mass is 789 g/mol. The zero-order valence-electron chi connectivity index (χ0n) is 37.1. The average molecular weight is 789 g/mol. The second kappa shape index (κ2) is 38.3. The molecule has 0 aliphatic heterocycles. The molecule has 0 heterocycles. The van der Waals surface area contributed by atoms with E-state index in [1.165, 1.54) is 103 Å². The van der Waals surface area contributed by atoms with Crippen LogP contribution in [0.4, 0.5) is 0 Å². The van der Waals surface area contributed by atoms with Gasteiger partial charge in [0.25, 0.3) is 5.91 Å². The van der Waals surface area contributed by atoms with Gasteiger partial charge in [-0.15, -0.1) is 0 Å². The Morgan fingerprint density at radius 3 is 1.51 bits per heavy atom. The van der Waals surface area contributed by atoms with Crippen molar-refractivity contribution in [3.8, 4) is 0 Å². The third kappa shape index (κ3) is 32.4. The first-order valence-electron chi connectivity index (χ1n) is 23.2. The molecule has 0 aliphatic rings. The highest BCUT2D eigenvalue weighted by atomic mass is 16.5. The van der Waals surface area contributed by atoms with Gasteiger partial charge in [0.05, 0.1) is 6.42 Å². The van der Waals surface area contributed by atoms with Crippen molar-refractivity contribution in [1.29, 1.82) is 0 Å². The number of esters is 1. The van der Waals surface area contributed by atoms with Crippen molar-refractivity contribution in [2.75, 3.05) is 27.2 Å². The molecule has 1 amide bonds. The van der Waals surface area contributed by atoms with Crippen LogP contribution in [0.25, 0.3) is 0 Å². The molecule has 0 aromatic heterocycles. The Bertz CT molecular complexity index is 1200. The number of rotatable bonds is 38. The number of unbranched alkanes of at least 4 members (excludes halogenated alkanes) is 19. The van der Waals surface area contributed by atoms with Crippen molar-refractivity contribution in [1.82, 2.24) is 10.2 Å². The van der Waals surface area contributed by atoms with E-state index in [9.17, 15) is 14.4 Å². The third-order valence-corrected chi connectivity index (χ3v) is 10.3. The Balaban J connectivity index is 2.41. The highest BCUT2D eigenvalue weighted by Crippen LogP contribution is 2.17. The molecule has 1 N–H and O–H groups in total. The molecular weight excluding hydrogens is 705 g/mol. The number of ketones is 1. The average Bonchev–Trinajstić information content (AvgIpc) is 3.21. The molecule has 0 saturated carbocycles. The summed E-state index contributed by atoms with van der Waals surface area (Å²) in [6.07, 6.45) is 48.6. The third-order valence-electron chi connectivity index (χ3n) is 10.3. The van der Waals surface area contributed by atoms with Gasteiger partial charge in [0, 0.05) is 30.6 Å². The molecule has 1 aromatic rings. The van der Waals surface area contributed by atoms with Gasteiger partial charge in [-0.25, -0.2) is 0 Å². The summed E-state index contributed by atoms with van der Waals surface area (Å²) in [5.74, 6) is -0.434. The molecule has 0 bridgehead atoms. The number of nitrogens with zero attached hydrogens (tertiary/aromatic N) is 1. The molecule has 0 fully saturated rings. The maximum atomic E-state index is 13.3. The van der Waals surface area contributed by atoms with Crippen LogP contribution in [-0.4, -0.2) is 49.7 Å². The molecule has 0 saturated heterocycles. The summed E-state index contributed by atoms with van der Waals surface area (Å²) in [7, 11) is 3.83. The van der Waals surface area contributed by atoms with Crippen LogP contribution in [-0.2, 0) is 16.1 Å². The largest absolute Gasteiger partial charge is 0.461 e. The fourth-order valence-electron chi connectivity index (χ4n) is 6.63. The fourth-order valence-corrected chi connectivity index (χ4v) is 6.63. The van der Waals surface area contributed by atoms with Crippen LogP contribution in [0.3, 0.4) is 0 Å². The fraction of sp³-hybridized carbons (Fsp3) is 0.667. The number of Topliss-reactive ketones (excluding diaryl/α,β-unsaturated/α-hetero) is 1. The number of allylic oxidation sites excluding steroid dienone is 8. The van der Waals surface area contributed by atoms with Gasteiger partial charge in [0.15, 0.2) is 5.78 Å². The summed E-state index contributed by atoms with van der Waals surface area (Å²) in [6.45, 7) is 5.75. The minimum absolute atomic E-state index is 0.0394. The molecule has 6 heteroatoms. The van der Waals surface area contributed by atoms with Gasteiger partial charge in [0.2, 0.25) is 0 Å². The van der Waals surface area contributed by atoms with Crippen molar-refractivity contribution in [3.63, 3.8) is 0 Å². The minimum atomic E-state index is -0.291. The van der Waals surface area contributed by atoms with E-state index in [4.69, 9.17) is 4.74 Å². The Hall–Kier alpha value is -3.25. The van der Waals surface area contributed by atoms with Gasteiger partial charge in [-0.05, 0) is 115 Å². The summed E-state index contributed by atoms with van der Waals surface area (Å²) in [6, 6.07) is 5.26. The van der Waals surface area contributed by atoms with Crippen LogP contribution in [0.5, 0.6) is 0 Å². The predicted octanol–water partition coefficient (Wildman–Crippen LogP) is 14.0. The number of benzene rings is 1. The van der Waals surface area contributed by atoms with Crippen molar-refractivity contribution in [2.24, 2.45) is 0 Å². The molecule has 322 valence electrons. The van der Waals surface area contributed by atoms with Crippen LogP contribution < -0.4 is 5.32 Å². The summed E-state index contributed by atoms with van der Waals surface area (Å²) in [4.78, 5) is 40.8. The van der Waals surface area contributed by atoms with Crippen molar-refractivity contribution >= 4 is 17.7 Å². The van der Waals surface area contributed by atoms with Crippen LogP contribution >= 0.6 is 0 Å². The smallest absolute Gasteiger partial charge is 0.307 e. The molecule has 0 spiro atoms. The Labute approximate surface area is 350 Å². The zero-order chi connectivity index (χ0) is 41.4. The van der Waals surface area contributed by atoms with Crippen LogP contribution in [0.15, 0.2) is 66.8 Å². The maximum Gasteiger partial charge on any atom is 0.307 e.